The van der Waals surface area contributed by atoms with Crippen LogP contribution in [0.15, 0.2) is 27.7 Å². The van der Waals surface area contributed by atoms with Crippen LogP contribution in [-0.2, 0) is 24.8 Å². The van der Waals surface area contributed by atoms with E-state index in [1.807, 2.05) is 12.1 Å². The minimum atomic E-state index is -0.143. The van der Waals surface area contributed by atoms with Crippen molar-refractivity contribution in [3.05, 3.63) is 40.8 Å². The molecule has 1 aromatic carbocycles. The second kappa shape index (κ2) is 12.8. The third-order valence-corrected chi connectivity index (χ3v) is 5.21. The molecule has 0 aliphatic carbocycles. The number of aromatic nitrogens is 1. The van der Waals surface area contributed by atoms with Gasteiger partial charge < -0.3 is 24.6 Å². The van der Waals surface area contributed by atoms with Crippen molar-refractivity contribution in [3.63, 3.8) is 0 Å². The van der Waals surface area contributed by atoms with Gasteiger partial charge in [-0.05, 0) is 31.0 Å². The van der Waals surface area contributed by atoms with E-state index in [0.29, 0.717) is 13.1 Å². The highest BCUT2D eigenvalue weighted by Crippen LogP contribution is 2.32. The highest BCUT2D eigenvalue weighted by molar-refractivity contribution is 14.0. The molecule has 31 heavy (non-hydrogen) atoms. The molecule has 0 bridgehead atoms. The molecule has 0 saturated heterocycles. The molecule has 2 aromatic rings. The van der Waals surface area contributed by atoms with Crippen LogP contribution in [0.5, 0.6) is 11.5 Å². The maximum atomic E-state index is 5.46. The Morgan fingerprint density at radius 1 is 1.06 bits per heavy atom. The lowest BCUT2D eigenvalue weighted by atomic mass is 9.84. The summed E-state index contributed by atoms with van der Waals surface area (Å²) in [5.74, 6) is 3.15. The molecule has 2 N–H and O–H groups in total. The Hall–Kier alpha value is -1.97. The molecule has 8 heteroatoms. The van der Waals surface area contributed by atoms with E-state index in [4.69, 9.17) is 19.0 Å². The van der Waals surface area contributed by atoms with Gasteiger partial charge in [0.2, 0.25) is 0 Å². The lowest BCUT2D eigenvalue weighted by Crippen LogP contribution is -2.43. The fraction of sp³-hybridized carbons (Fsp3) is 0.565. The monoisotopic (exact) mass is 544 g/mol. The van der Waals surface area contributed by atoms with Crippen molar-refractivity contribution in [3.8, 4) is 11.5 Å². The van der Waals surface area contributed by atoms with Crippen LogP contribution in [0.4, 0.5) is 0 Å². The van der Waals surface area contributed by atoms with Crippen molar-refractivity contribution >= 4 is 29.9 Å². The van der Waals surface area contributed by atoms with Crippen molar-refractivity contribution in [1.29, 1.82) is 0 Å². The molecule has 0 amide bonds. The normalized spacial score (nSPS) is 11.6. The maximum absolute atomic E-state index is 5.46. The molecule has 0 fully saturated rings. The van der Waals surface area contributed by atoms with E-state index in [9.17, 15) is 0 Å². The number of aliphatic imine (C=N–C) groups is 1. The SMILES string of the molecule is CCNC(=NCc1c(CC)noc1CC)NCC(C)(C)c1ccc(OC)c(OC)c1.I. The zero-order valence-electron chi connectivity index (χ0n) is 19.8. The second-order valence-corrected chi connectivity index (χ2v) is 7.74. The van der Waals surface area contributed by atoms with Crippen LogP contribution in [0.2, 0.25) is 0 Å². The van der Waals surface area contributed by atoms with Crippen LogP contribution in [-0.4, -0.2) is 38.4 Å². The van der Waals surface area contributed by atoms with Gasteiger partial charge in [0.25, 0.3) is 0 Å². The van der Waals surface area contributed by atoms with Gasteiger partial charge in [0, 0.05) is 30.5 Å². The lowest BCUT2D eigenvalue weighted by Gasteiger charge is -2.27. The van der Waals surface area contributed by atoms with Crippen LogP contribution in [0.3, 0.4) is 0 Å². The summed E-state index contributed by atoms with van der Waals surface area (Å²) in [7, 11) is 3.30. The topological polar surface area (TPSA) is 80.9 Å². The summed E-state index contributed by atoms with van der Waals surface area (Å²) >= 11 is 0. The largest absolute Gasteiger partial charge is 0.493 e. The van der Waals surface area contributed by atoms with E-state index < -0.39 is 0 Å². The summed E-state index contributed by atoms with van der Waals surface area (Å²) in [6, 6.07) is 6.05. The average molecular weight is 544 g/mol. The van der Waals surface area contributed by atoms with Crippen molar-refractivity contribution in [2.75, 3.05) is 27.3 Å². The van der Waals surface area contributed by atoms with Crippen molar-refractivity contribution < 1.29 is 14.0 Å². The third-order valence-electron chi connectivity index (χ3n) is 5.21. The Bertz CT molecular complexity index is 828. The number of guanidine groups is 1. The molecule has 0 unspecified atom stereocenters. The Kier molecular flexibility index (Phi) is 11.2. The molecule has 1 aromatic heterocycles. The lowest BCUT2D eigenvalue weighted by molar-refractivity contribution is 0.353. The van der Waals surface area contributed by atoms with Gasteiger partial charge in [-0.25, -0.2) is 4.99 Å². The van der Waals surface area contributed by atoms with E-state index in [2.05, 4.69) is 56.5 Å². The average Bonchev–Trinajstić information content (AvgIpc) is 3.17. The quantitative estimate of drug-likeness (QED) is 0.261. The van der Waals surface area contributed by atoms with Gasteiger partial charge in [0.05, 0.1) is 26.5 Å². The smallest absolute Gasteiger partial charge is 0.191 e. The number of benzene rings is 1. The minimum absolute atomic E-state index is 0. The van der Waals surface area contributed by atoms with E-state index >= 15 is 0 Å². The number of nitrogens with one attached hydrogen (secondary N) is 2. The highest BCUT2D eigenvalue weighted by Gasteiger charge is 2.23. The second-order valence-electron chi connectivity index (χ2n) is 7.74. The van der Waals surface area contributed by atoms with Crippen LogP contribution >= 0.6 is 24.0 Å². The number of hydrogen-bond donors (Lipinski definition) is 2. The number of halogens is 1. The maximum Gasteiger partial charge on any atom is 0.191 e. The predicted molar refractivity (Wildman–Crippen MR) is 136 cm³/mol. The van der Waals surface area contributed by atoms with Crippen LogP contribution in [0.1, 0.15) is 57.2 Å². The fourth-order valence-electron chi connectivity index (χ4n) is 3.28. The molecular weight excluding hydrogens is 507 g/mol. The van der Waals surface area contributed by atoms with Gasteiger partial charge in [-0.3, -0.25) is 0 Å². The predicted octanol–water partition coefficient (Wildman–Crippen LogP) is 4.47. The number of hydrogen-bond acceptors (Lipinski definition) is 5. The van der Waals surface area contributed by atoms with Gasteiger partial charge in [0.15, 0.2) is 17.5 Å². The molecule has 7 nitrogen and oxygen atoms in total. The van der Waals surface area contributed by atoms with Gasteiger partial charge >= 0.3 is 0 Å². The van der Waals surface area contributed by atoms with Gasteiger partial charge in [-0.1, -0.05) is 38.9 Å². The highest BCUT2D eigenvalue weighted by atomic mass is 127. The van der Waals surface area contributed by atoms with Crippen LogP contribution in [0.25, 0.3) is 0 Å². The summed E-state index contributed by atoms with van der Waals surface area (Å²) in [5.41, 5.74) is 3.09. The minimum Gasteiger partial charge on any atom is -0.493 e. The zero-order chi connectivity index (χ0) is 22.1. The molecule has 0 aliphatic heterocycles. The zero-order valence-corrected chi connectivity index (χ0v) is 22.1. The summed E-state index contributed by atoms with van der Waals surface area (Å²) < 4.78 is 16.3. The summed E-state index contributed by atoms with van der Waals surface area (Å²) in [6.45, 7) is 12.6. The number of methoxy groups -OCH3 is 2. The Morgan fingerprint density at radius 3 is 2.35 bits per heavy atom. The Balaban J connectivity index is 0.00000480. The molecule has 0 radical (unpaired) electrons. The van der Waals surface area contributed by atoms with E-state index in [1.54, 1.807) is 14.2 Å². The number of nitrogens with zero attached hydrogens (tertiary/aromatic N) is 2. The van der Waals surface area contributed by atoms with E-state index in [0.717, 1.165) is 59.4 Å². The molecule has 0 atom stereocenters. The molecule has 2 rings (SSSR count). The first-order valence-corrected chi connectivity index (χ1v) is 10.6. The standard InChI is InChI=1S/C23H36N4O3.HI/c1-8-18-17(19(9-2)30-27-18)14-25-22(24-10-3)26-15-23(4,5)16-11-12-20(28-6)21(13-16)29-7;/h11-13H,8-10,14-15H2,1-7H3,(H2,24,25,26);1H. The van der Waals surface area contributed by atoms with Crippen molar-refractivity contribution in [1.82, 2.24) is 15.8 Å². The van der Waals surface area contributed by atoms with Crippen molar-refractivity contribution in [2.24, 2.45) is 4.99 Å². The van der Waals surface area contributed by atoms with Gasteiger partial charge in [-0.2, -0.15) is 0 Å². The van der Waals surface area contributed by atoms with Crippen LogP contribution in [0, 0.1) is 0 Å². The molecule has 0 saturated carbocycles. The van der Waals surface area contributed by atoms with Gasteiger partial charge in [0.1, 0.15) is 5.76 Å². The first-order chi connectivity index (χ1) is 14.4. The Morgan fingerprint density at radius 2 is 1.77 bits per heavy atom. The van der Waals surface area contributed by atoms with E-state index in [-0.39, 0.29) is 29.4 Å². The number of ether oxygens (including phenoxy) is 2. The van der Waals surface area contributed by atoms with Crippen LogP contribution < -0.4 is 20.1 Å². The third kappa shape index (κ3) is 7.02. The molecular formula is C23H37IN4O3. The molecule has 0 spiro atoms. The number of aryl methyl sites for hydroxylation is 2. The van der Waals surface area contributed by atoms with E-state index in [1.165, 1.54) is 0 Å². The summed E-state index contributed by atoms with van der Waals surface area (Å²) in [4.78, 5) is 4.78. The first-order valence-electron chi connectivity index (χ1n) is 10.6. The fourth-order valence-corrected chi connectivity index (χ4v) is 3.28. The molecule has 1 heterocycles. The van der Waals surface area contributed by atoms with Gasteiger partial charge in [-0.15, -0.1) is 24.0 Å². The number of rotatable bonds is 10. The summed E-state index contributed by atoms with van der Waals surface area (Å²) in [6.07, 6.45) is 1.65. The van der Waals surface area contributed by atoms with Crippen molar-refractivity contribution in [2.45, 2.75) is 59.4 Å². The summed E-state index contributed by atoms with van der Waals surface area (Å²) in [5, 5.41) is 11.0. The first kappa shape index (κ1) is 27.1. The molecule has 0 aliphatic rings. The molecule has 174 valence electrons. The Labute approximate surface area is 203 Å².